The molecule has 1 N–H and O–H groups in total. The molecule has 0 unspecified atom stereocenters. The molecule has 0 aromatic heterocycles. The van der Waals surface area contributed by atoms with Crippen molar-refractivity contribution in [2.45, 2.75) is 6.92 Å². The van der Waals surface area contributed by atoms with Gasteiger partial charge >= 0.3 is 0 Å². The Labute approximate surface area is 51.2 Å². The highest BCUT2D eigenvalue weighted by atomic mass is 16.5. The zero-order valence-electron chi connectivity index (χ0n) is 5.90. The Morgan fingerprint density at radius 1 is 1.62 bits per heavy atom. The lowest BCUT2D eigenvalue weighted by atomic mass is 10.2. The summed E-state index contributed by atoms with van der Waals surface area (Å²) in [5.41, 5.74) is 0. The Hall–Kier alpha value is -0.0800. The molecule has 0 radical (unpaired) electrons. The number of nitrogens with one attached hydrogen (secondary N) is 1. The normalized spacial score (nSPS) is 13.9. The average molecular weight is 117 g/mol. The molecule has 0 aromatic rings. The Morgan fingerprint density at radius 2 is 2.25 bits per heavy atom. The van der Waals surface area contributed by atoms with Crippen molar-refractivity contribution in [3.05, 3.63) is 0 Å². The minimum Gasteiger partial charge on any atom is -0.384 e. The Balaban J connectivity index is 2.92. The topological polar surface area (TPSA) is 21.3 Å². The molecule has 8 heavy (non-hydrogen) atoms. The smallest absolute Gasteiger partial charge is 0.0499 e. The fourth-order valence-corrected chi connectivity index (χ4v) is 0.692. The van der Waals surface area contributed by atoms with Crippen molar-refractivity contribution < 1.29 is 4.74 Å². The van der Waals surface area contributed by atoms with Gasteiger partial charge in [-0.05, 0) is 19.5 Å². The lowest BCUT2D eigenvalue weighted by Crippen LogP contribution is -2.19. The molecular weight excluding hydrogens is 102 g/mol. The first-order valence-corrected chi connectivity index (χ1v) is 2.94. The summed E-state index contributed by atoms with van der Waals surface area (Å²) >= 11 is 0. The summed E-state index contributed by atoms with van der Waals surface area (Å²) < 4.78 is 4.92. The maximum atomic E-state index is 4.92. The molecule has 0 amide bonds. The molecule has 50 valence electrons. The fourth-order valence-electron chi connectivity index (χ4n) is 0.692. The van der Waals surface area contributed by atoms with E-state index in [1.54, 1.807) is 7.11 Å². The van der Waals surface area contributed by atoms with Crippen LogP contribution in [0.5, 0.6) is 0 Å². The van der Waals surface area contributed by atoms with Crippen LogP contribution >= 0.6 is 0 Å². The van der Waals surface area contributed by atoms with Gasteiger partial charge < -0.3 is 10.1 Å². The van der Waals surface area contributed by atoms with E-state index >= 15 is 0 Å². The molecular formula is C6H15NO. The molecule has 1 atom stereocenters. The van der Waals surface area contributed by atoms with Crippen LogP contribution in [0.2, 0.25) is 0 Å². The molecule has 0 aromatic carbocycles. The zero-order valence-corrected chi connectivity index (χ0v) is 5.90. The molecule has 0 saturated carbocycles. The van der Waals surface area contributed by atoms with E-state index in [4.69, 9.17) is 4.74 Å². The zero-order chi connectivity index (χ0) is 6.41. The quantitative estimate of drug-likeness (QED) is 0.578. The lowest BCUT2D eigenvalue weighted by Gasteiger charge is -2.07. The maximum Gasteiger partial charge on any atom is 0.0499 e. The highest BCUT2D eigenvalue weighted by molar-refractivity contribution is 4.50. The van der Waals surface area contributed by atoms with Crippen molar-refractivity contribution in [3.8, 4) is 0 Å². The average Bonchev–Trinajstić information content (AvgIpc) is 1.68. The van der Waals surface area contributed by atoms with Gasteiger partial charge in [-0.15, -0.1) is 0 Å². The fraction of sp³-hybridized carbons (Fsp3) is 1.00. The number of methoxy groups -OCH3 is 1. The Kier molecular flexibility index (Phi) is 5.01. The van der Waals surface area contributed by atoms with Crippen LogP contribution in [0, 0.1) is 5.92 Å². The SMILES string of the molecule is CNC[C@@H](C)COC. The van der Waals surface area contributed by atoms with Crippen molar-refractivity contribution >= 4 is 0 Å². The third kappa shape index (κ3) is 4.09. The largest absolute Gasteiger partial charge is 0.384 e. The highest BCUT2D eigenvalue weighted by Gasteiger charge is 1.96. The predicted molar refractivity (Wildman–Crippen MR) is 35.0 cm³/mol. The second-order valence-corrected chi connectivity index (χ2v) is 2.12. The first kappa shape index (κ1) is 7.92. The van der Waals surface area contributed by atoms with Gasteiger partial charge in [0.2, 0.25) is 0 Å². The second-order valence-electron chi connectivity index (χ2n) is 2.12. The maximum absolute atomic E-state index is 4.92. The molecule has 0 saturated heterocycles. The van der Waals surface area contributed by atoms with Gasteiger partial charge in [-0.3, -0.25) is 0 Å². The molecule has 0 fully saturated rings. The number of ether oxygens (including phenoxy) is 1. The molecule has 2 nitrogen and oxygen atoms in total. The van der Waals surface area contributed by atoms with Crippen LogP contribution in [0.15, 0.2) is 0 Å². The number of rotatable bonds is 4. The van der Waals surface area contributed by atoms with Gasteiger partial charge in [-0.1, -0.05) is 6.92 Å². The van der Waals surface area contributed by atoms with Crippen molar-refractivity contribution in [2.24, 2.45) is 5.92 Å². The van der Waals surface area contributed by atoms with Gasteiger partial charge in [-0.2, -0.15) is 0 Å². The minimum absolute atomic E-state index is 0.630. The Bertz CT molecular complexity index is 41.8. The third-order valence-electron chi connectivity index (χ3n) is 1.00. The minimum atomic E-state index is 0.630. The first-order valence-electron chi connectivity index (χ1n) is 2.94. The molecule has 0 bridgehead atoms. The van der Waals surface area contributed by atoms with Crippen LogP contribution in [-0.4, -0.2) is 27.3 Å². The third-order valence-corrected chi connectivity index (χ3v) is 1.00. The summed E-state index contributed by atoms with van der Waals surface area (Å²) in [5.74, 6) is 0.630. The van der Waals surface area contributed by atoms with Crippen LogP contribution < -0.4 is 5.32 Å². The van der Waals surface area contributed by atoms with E-state index in [1.807, 2.05) is 7.05 Å². The molecule has 0 aliphatic rings. The van der Waals surface area contributed by atoms with E-state index in [-0.39, 0.29) is 0 Å². The van der Waals surface area contributed by atoms with Crippen molar-refractivity contribution in [3.63, 3.8) is 0 Å². The van der Waals surface area contributed by atoms with Gasteiger partial charge in [0.05, 0.1) is 0 Å². The van der Waals surface area contributed by atoms with Crippen LogP contribution in [-0.2, 0) is 4.74 Å². The predicted octanol–water partition coefficient (Wildman–Crippen LogP) is 0.488. The highest BCUT2D eigenvalue weighted by Crippen LogP contribution is 1.89. The van der Waals surface area contributed by atoms with Gasteiger partial charge in [-0.25, -0.2) is 0 Å². The standard InChI is InChI=1S/C6H15NO/c1-6(4-7-2)5-8-3/h6-7H,4-5H2,1-3H3/t6-/m1/s1. The second kappa shape index (κ2) is 5.06. The van der Waals surface area contributed by atoms with Gasteiger partial charge in [0, 0.05) is 13.7 Å². The number of hydrogen-bond acceptors (Lipinski definition) is 2. The molecule has 0 rings (SSSR count). The Morgan fingerprint density at radius 3 is 2.62 bits per heavy atom. The summed E-state index contributed by atoms with van der Waals surface area (Å²) in [4.78, 5) is 0. The van der Waals surface area contributed by atoms with Crippen LogP contribution in [0.3, 0.4) is 0 Å². The van der Waals surface area contributed by atoms with Gasteiger partial charge in [0.1, 0.15) is 0 Å². The lowest BCUT2D eigenvalue weighted by molar-refractivity contribution is 0.159. The van der Waals surface area contributed by atoms with Crippen molar-refractivity contribution in [1.82, 2.24) is 5.32 Å². The molecule has 0 spiro atoms. The summed E-state index contributed by atoms with van der Waals surface area (Å²) in [6.45, 7) is 4.04. The van der Waals surface area contributed by atoms with E-state index in [0.717, 1.165) is 13.2 Å². The van der Waals surface area contributed by atoms with E-state index < -0.39 is 0 Å². The monoisotopic (exact) mass is 117 g/mol. The molecule has 2 heteroatoms. The first-order chi connectivity index (χ1) is 3.81. The van der Waals surface area contributed by atoms with Crippen molar-refractivity contribution in [1.29, 1.82) is 0 Å². The van der Waals surface area contributed by atoms with E-state index in [0.29, 0.717) is 5.92 Å². The van der Waals surface area contributed by atoms with Crippen LogP contribution in [0.1, 0.15) is 6.92 Å². The van der Waals surface area contributed by atoms with E-state index in [9.17, 15) is 0 Å². The molecule has 0 aliphatic carbocycles. The number of hydrogen-bond donors (Lipinski definition) is 1. The van der Waals surface area contributed by atoms with Crippen LogP contribution in [0.4, 0.5) is 0 Å². The van der Waals surface area contributed by atoms with Crippen LogP contribution in [0.25, 0.3) is 0 Å². The van der Waals surface area contributed by atoms with E-state index in [2.05, 4.69) is 12.2 Å². The van der Waals surface area contributed by atoms with E-state index in [1.165, 1.54) is 0 Å². The summed E-state index contributed by atoms with van der Waals surface area (Å²) in [7, 11) is 3.68. The molecule has 0 aliphatic heterocycles. The van der Waals surface area contributed by atoms with Gasteiger partial charge in [0.15, 0.2) is 0 Å². The summed E-state index contributed by atoms with van der Waals surface area (Å²) in [6.07, 6.45) is 0. The summed E-state index contributed by atoms with van der Waals surface area (Å²) in [5, 5.41) is 3.07. The summed E-state index contributed by atoms with van der Waals surface area (Å²) in [6, 6.07) is 0. The molecule has 0 heterocycles. The van der Waals surface area contributed by atoms with Gasteiger partial charge in [0.25, 0.3) is 0 Å². The van der Waals surface area contributed by atoms with Crippen molar-refractivity contribution in [2.75, 3.05) is 27.3 Å².